The largest absolute Gasteiger partial charge is 0.508 e. The third-order valence-corrected chi connectivity index (χ3v) is 6.16. The van der Waals surface area contributed by atoms with E-state index in [-0.39, 0.29) is 30.5 Å². The predicted molar refractivity (Wildman–Crippen MR) is 126 cm³/mol. The Morgan fingerprint density at radius 1 is 1.12 bits per heavy atom. The van der Waals surface area contributed by atoms with E-state index < -0.39 is 28.2 Å². The number of amidine groups is 1. The lowest BCUT2D eigenvalue weighted by atomic mass is 10.0. The van der Waals surface area contributed by atoms with Gasteiger partial charge in [0, 0.05) is 18.7 Å². The molecule has 0 radical (unpaired) electrons. The highest BCUT2D eigenvalue weighted by Gasteiger charge is 2.38. The molecule has 34 heavy (non-hydrogen) atoms. The second-order valence-corrected chi connectivity index (χ2v) is 9.43. The van der Waals surface area contributed by atoms with Gasteiger partial charge in [-0.3, -0.25) is 15.0 Å². The van der Waals surface area contributed by atoms with E-state index in [0.717, 1.165) is 5.56 Å². The minimum Gasteiger partial charge on any atom is -0.508 e. The van der Waals surface area contributed by atoms with Crippen LogP contribution in [0.1, 0.15) is 29.5 Å². The number of nitrogens with two attached hydrogens (primary N) is 2. The summed E-state index contributed by atoms with van der Waals surface area (Å²) in [5.74, 6) is -0.907. The lowest BCUT2D eigenvalue weighted by molar-refractivity contribution is -0.139. The van der Waals surface area contributed by atoms with Crippen LogP contribution in [0.3, 0.4) is 0 Å². The number of carbonyl (C=O) groups excluding carboxylic acids is 2. The van der Waals surface area contributed by atoms with Gasteiger partial charge in [0.25, 0.3) is 10.2 Å². The fraction of sp³-hybridized carbons (Fsp3) is 0.318. The maximum atomic E-state index is 13.3. The number of hydrogen-bond acceptors (Lipinski definition) is 6. The first-order valence-corrected chi connectivity index (χ1v) is 12.2. The van der Waals surface area contributed by atoms with Gasteiger partial charge >= 0.3 is 0 Å². The van der Waals surface area contributed by atoms with Crippen molar-refractivity contribution in [2.45, 2.75) is 37.9 Å². The zero-order chi connectivity index (χ0) is 24.9. The minimum absolute atomic E-state index is 0.00286. The highest BCUT2D eigenvalue weighted by molar-refractivity contribution is 7.87. The van der Waals surface area contributed by atoms with Crippen molar-refractivity contribution in [3.8, 4) is 5.75 Å². The van der Waals surface area contributed by atoms with Crippen LogP contribution in [0.15, 0.2) is 48.5 Å². The molecule has 0 saturated carbocycles. The van der Waals surface area contributed by atoms with Crippen LogP contribution < -0.4 is 20.9 Å². The highest BCUT2D eigenvalue weighted by Crippen LogP contribution is 2.21. The molecule has 0 bridgehead atoms. The van der Waals surface area contributed by atoms with Crippen molar-refractivity contribution in [3.05, 3.63) is 65.2 Å². The molecule has 2 aromatic carbocycles. The molecular weight excluding hydrogens is 460 g/mol. The van der Waals surface area contributed by atoms with Crippen LogP contribution in [0.4, 0.5) is 0 Å². The summed E-state index contributed by atoms with van der Waals surface area (Å²) in [5.41, 5.74) is 7.43. The normalized spacial score (nSPS) is 16.7. The number of carbonyl (C=O) groups is 2. The lowest BCUT2D eigenvalue weighted by Crippen LogP contribution is -2.55. The van der Waals surface area contributed by atoms with Gasteiger partial charge in [-0.25, -0.2) is 5.14 Å². The van der Waals surface area contributed by atoms with Crippen molar-refractivity contribution in [3.63, 3.8) is 0 Å². The van der Waals surface area contributed by atoms with Crippen molar-refractivity contribution >= 4 is 27.9 Å². The van der Waals surface area contributed by atoms with Crippen LogP contribution in [0.25, 0.3) is 0 Å². The number of likely N-dealkylation sites (tertiary alicyclic amines) is 1. The highest BCUT2D eigenvalue weighted by atomic mass is 32.2. The van der Waals surface area contributed by atoms with Gasteiger partial charge < -0.3 is 21.1 Å². The SMILES string of the molecule is N=C(N)c1ccc(CNC(=O)[C@@H]2CCCN2C(=O)[C@@H](Cc2ccc(O)cc2)NS(N)(=O)=O)cc1. The molecule has 2 atom stereocenters. The average Bonchev–Trinajstić information content (AvgIpc) is 3.27. The Kier molecular flexibility index (Phi) is 7.87. The van der Waals surface area contributed by atoms with Gasteiger partial charge in [0.15, 0.2) is 0 Å². The van der Waals surface area contributed by atoms with Crippen molar-refractivity contribution in [1.82, 2.24) is 14.9 Å². The molecule has 182 valence electrons. The van der Waals surface area contributed by atoms with E-state index in [0.29, 0.717) is 30.5 Å². The molecule has 1 aliphatic rings. The Balaban J connectivity index is 1.69. The van der Waals surface area contributed by atoms with Gasteiger partial charge in [-0.15, -0.1) is 0 Å². The Morgan fingerprint density at radius 2 is 1.74 bits per heavy atom. The number of nitrogens with zero attached hydrogens (tertiary/aromatic N) is 1. The number of phenols is 1. The Labute approximate surface area is 197 Å². The summed E-state index contributed by atoms with van der Waals surface area (Å²) < 4.78 is 25.6. The molecule has 0 unspecified atom stereocenters. The number of phenolic OH excluding ortho intramolecular Hbond substituents is 1. The van der Waals surface area contributed by atoms with Gasteiger partial charge in [0.2, 0.25) is 11.8 Å². The summed E-state index contributed by atoms with van der Waals surface area (Å²) in [6.45, 7) is 0.532. The van der Waals surface area contributed by atoms with Gasteiger partial charge in [-0.1, -0.05) is 36.4 Å². The summed E-state index contributed by atoms with van der Waals surface area (Å²) in [4.78, 5) is 27.5. The Bertz CT molecular complexity index is 1150. The fourth-order valence-corrected chi connectivity index (χ4v) is 4.44. The lowest BCUT2D eigenvalue weighted by Gasteiger charge is -2.28. The van der Waals surface area contributed by atoms with E-state index in [9.17, 15) is 23.1 Å². The first-order valence-electron chi connectivity index (χ1n) is 10.6. The summed E-state index contributed by atoms with van der Waals surface area (Å²) in [5, 5.41) is 24.8. The summed E-state index contributed by atoms with van der Waals surface area (Å²) in [6.07, 6.45) is 1.05. The van der Waals surface area contributed by atoms with E-state index in [1.54, 1.807) is 36.4 Å². The van der Waals surface area contributed by atoms with Crippen LogP contribution >= 0.6 is 0 Å². The van der Waals surface area contributed by atoms with Crippen LogP contribution in [-0.2, 0) is 32.8 Å². The Morgan fingerprint density at radius 3 is 2.32 bits per heavy atom. The van der Waals surface area contributed by atoms with Crippen LogP contribution in [0.2, 0.25) is 0 Å². The molecule has 12 heteroatoms. The van der Waals surface area contributed by atoms with Crippen LogP contribution in [0.5, 0.6) is 5.75 Å². The molecule has 2 amide bonds. The zero-order valence-electron chi connectivity index (χ0n) is 18.4. The summed E-state index contributed by atoms with van der Waals surface area (Å²) in [6, 6.07) is 10.9. The first kappa shape index (κ1) is 25.1. The maximum absolute atomic E-state index is 13.3. The monoisotopic (exact) mass is 488 g/mol. The summed E-state index contributed by atoms with van der Waals surface area (Å²) in [7, 11) is -4.19. The number of nitrogens with one attached hydrogen (secondary N) is 3. The molecule has 3 rings (SSSR count). The quantitative estimate of drug-likeness (QED) is 0.207. The maximum Gasteiger partial charge on any atom is 0.275 e. The van der Waals surface area contributed by atoms with Gasteiger partial charge in [0.05, 0.1) is 0 Å². The smallest absolute Gasteiger partial charge is 0.275 e. The molecule has 1 aliphatic heterocycles. The molecule has 2 aromatic rings. The number of rotatable bonds is 9. The van der Waals surface area contributed by atoms with E-state index in [2.05, 4.69) is 10.0 Å². The average molecular weight is 489 g/mol. The first-order chi connectivity index (χ1) is 16.0. The topological polar surface area (TPSA) is 192 Å². The number of amides is 2. The fourth-order valence-electron chi connectivity index (χ4n) is 3.86. The summed E-state index contributed by atoms with van der Waals surface area (Å²) >= 11 is 0. The second kappa shape index (κ2) is 10.6. The van der Waals surface area contributed by atoms with E-state index in [4.69, 9.17) is 16.3 Å². The number of benzene rings is 2. The predicted octanol–water partition coefficient (Wildman–Crippen LogP) is -0.312. The third-order valence-electron chi connectivity index (χ3n) is 5.55. The number of hydrogen-bond donors (Lipinski definition) is 6. The second-order valence-electron chi connectivity index (χ2n) is 8.10. The van der Waals surface area contributed by atoms with Crippen molar-refractivity contribution in [2.75, 3.05) is 6.54 Å². The third kappa shape index (κ3) is 6.76. The van der Waals surface area contributed by atoms with Crippen LogP contribution in [-0.4, -0.2) is 54.7 Å². The number of nitrogen functional groups attached to an aromatic ring is 1. The van der Waals surface area contributed by atoms with Gasteiger partial charge in [-0.2, -0.15) is 13.1 Å². The molecule has 1 saturated heterocycles. The molecular formula is C22H28N6O5S. The molecule has 11 nitrogen and oxygen atoms in total. The number of aromatic hydroxyl groups is 1. The van der Waals surface area contributed by atoms with E-state index >= 15 is 0 Å². The molecule has 8 N–H and O–H groups in total. The zero-order valence-corrected chi connectivity index (χ0v) is 19.2. The standard InChI is InChI=1S/C22H28N6O5S/c23-20(24)16-7-3-15(4-8-16)13-26-21(30)19-2-1-11-28(19)22(31)18(27-34(25,32)33)12-14-5-9-17(29)10-6-14/h3-10,18-19,27,29H,1-2,11-13H2,(H3,23,24)(H,26,30)(H2,25,32,33)/t18-,19+/m1/s1. The molecule has 1 fully saturated rings. The van der Waals surface area contributed by atoms with E-state index in [1.165, 1.54) is 17.0 Å². The van der Waals surface area contributed by atoms with Gasteiger partial charge in [0.1, 0.15) is 23.7 Å². The molecule has 0 aliphatic carbocycles. The van der Waals surface area contributed by atoms with Crippen molar-refractivity contribution in [2.24, 2.45) is 10.9 Å². The molecule has 1 heterocycles. The molecule has 0 aromatic heterocycles. The minimum atomic E-state index is -4.19. The molecule has 0 spiro atoms. The van der Waals surface area contributed by atoms with Crippen molar-refractivity contribution in [1.29, 1.82) is 5.41 Å². The van der Waals surface area contributed by atoms with Gasteiger partial charge in [-0.05, 0) is 42.5 Å². The van der Waals surface area contributed by atoms with E-state index in [1.807, 2.05) is 0 Å². The Hall–Kier alpha value is -3.48. The van der Waals surface area contributed by atoms with Crippen molar-refractivity contribution < 1.29 is 23.1 Å². The van der Waals surface area contributed by atoms with Crippen LogP contribution in [0, 0.1) is 5.41 Å².